The van der Waals surface area contributed by atoms with Crippen molar-refractivity contribution in [3.05, 3.63) is 33.8 Å². The summed E-state index contributed by atoms with van der Waals surface area (Å²) in [4.78, 5) is 2.05. The summed E-state index contributed by atoms with van der Waals surface area (Å²) in [7, 11) is 0. The van der Waals surface area contributed by atoms with E-state index in [4.69, 9.17) is 4.74 Å². The number of ether oxygens (including phenoxy) is 1. The second kappa shape index (κ2) is 5.23. The first kappa shape index (κ1) is 13.9. The van der Waals surface area contributed by atoms with Gasteiger partial charge >= 0.3 is 0 Å². The first-order valence-corrected chi connectivity index (χ1v) is 6.66. The molecule has 0 bridgehead atoms. The topological polar surface area (TPSA) is 12.5 Å². The predicted octanol–water partition coefficient (Wildman–Crippen LogP) is 3.34. The largest absolute Gasteiger partial charge is 0.378 e. The number of nitrogens with zero attached hydrogens (tertiary/aromatic N) is 1. The molecule has 1 aromatic rings. The fourth-order valence-corrected chi connectivity index (χ4v) is 2.50. The first-order valence-electron chi connectivity index (χ1n) is 5.86. The molecule has 5 heteroatoms. The van der Waals surface area contributed by atoms with Gasteiger partial charge in [-0.25, -0.2) is 8.78 Å². The molecule has 100 valence electrons. The summed E-state index contributed by atoms with van der Waals surface area (Å²) in [5.74, 6) is -1.02. The molecule has 0 amide bonds. The monoisotopic (exact) mass is 319 g/mol. The summed E-state index contributed by atoms with van der Waals surface area (Å²) in [6.45, 7) is 6.15. The smallest absolute Gasteiger partial charge is 0.131 e. The average Bonchev–Trinajstić information content (AvgIpc) is 2.24. The number of benzene rings is 1. The molecular weight excluding hydrogens is 304 g/mol. The number of halogens is 3. The highest BCUT2D eigenvalue weighted by Gasteiger charge is 2.31. The van der Waals surface area contributed by atoms with Crippen LogP contribution in [0.25, 0.3) is 0 Å². The van der Waals surface area contributed by atoms with Gasteiger partial charge in [-0.15, -0.1) is 0 Å². The molecule has 1 saturated heterocycles. The highest BCUT2D eigenvalue weighted by atomic mass is 79.9. The van der Waals surface area contributed by atoms with Crippen molar-refractivity contribution in [2.45, 2.75) is 25.9 Å². The Labute approximate surface area is 114 Å². The van der Waals surface area contributed by atoms with E-state index in [1.54, 1.807) is 0 Å². The van der Waals surface area contributed by atoms with E-state index >= 15 is 0 Å². The molecule has 2 nitrogen and oxygen atoms in total. The third-order valence-corrected chi connectivity index (χ3v) is 3.73. The molecule has 1 aromatic carbocycles. The Kier molecular flexibility index (Phi) is 4.04. The van der Waals surface area contributed by atoms with E-state index in [1.165, 1.54) is 12.1 Å². The van der Waals surface area contributed by atoms with Crippen molar-refractivity contribution >= 4 is 15.9 Å². The van der Waals surface area contributed by atoms with Gasteiger partial charge in [0.05, 0.1) is 13.2 Å². The highest BCUT2D eigenvalue weighted by molar-refractivity contribution is 9.10. The first-order chi connectivity index (χ1) is 8.40. The summed E-state index contributed by atoms with van der Waals surface area (Å²) >= 11 is 3.08. The fraction of sp³-hybridized carbons (Fsp3) is 0.538. The van der Waals surface area contributed by atoms with Gasteiger partial charge in [-0.05, 0) is 26.0 Å². The minimum atomic E-state index is -0.510. The van der Waals surface area contributed by atoms with Gasteiger partial charge in [-0.1, -0.05) is 15.9 Å². The minimum absolute atomic E-state index is 0.119. The molecule has 1 aliphatic rings. The van der Waals surface area contributed by atoms with E-state index < -0.39 is 11.6 Å². The van der Waals surface area contributed by atoms with Crippen LogP contribution in [0.2, 0.25) is 0 Å². The Morgan fingerprint density at radius 3 is 2.50 bits per heavy atom. The molecule has 1 aliphatic heterocycles. The van der Waals surface area contributed by atoms with E-state index in [-0.39, 0.29) is 17.6 Å². The van der Waals surface area contributed by atoms with Crippen LogP contribution in [-0.4, -0.2) is 30.2 Å². The average molecular weight is 320 g/mol. The molecule has 0 radical (unpaired) electrons. The van der Waals surface area contributed by atoms with Crippen molar-refractivity contribution in [1.29, 1.82) is 0 Å². The molecule has 0 N–H and O–H groups in total. The molecule has 0 aliphatic carbocycles. The molecular formula is C13H16BrF2NO. The zero-order valence-electron chi connectivity index (χ0n) is 10.5. The van der Waals surface area contributed by atoms with Crippen LogP contribution < -0.4 is 0 Å². The maximum atomic E-state index is 13.8. The van der Waals surface area contributed by atoms with E-state index in [1.807, 2.05) is 18.7 Å². The van der Waals surface area contributed by atoms with Gasteiger partial charge in [-0.2, -0.15) is 0 Å². The van der Waals surface area contributed by atoms with Crippen LogP contribution in [0, 0.1) is 11.6 Å². The summed E-state index contributed by atoms with van der Waals surface area (Å²) in [6.07, 6.45) is 0. The molecule has 0 unspecified atom stereocenters. The SMILES string of the molecule is CC1(C)COCCN1Cc1c(F)cc(Br)cc1F. The van der Waals surface area contributed by atoms with Crippen LogP contribution in [0.15, 0.2) is 16.6 Å². The predicted molar refractivity (Wildman–Crippen MR) is 69.4 cm³/mol. The Balaban J connectivity index is 2.23. The lowest BCUT2D eigenvalue weighted by Crippen LogP contribution is -2.52. The number of hydrogen-bond acceptors (Lipinski definition) is 2. The standard InChI is InChI=1S/C13H16BrF2NO/c1-13(2)8-18-4-3-17(13)7-10-11(15)5-9(14)6-12(10)16/h5-6H,3-4,7-8H2,1-2H3. The fourth-order valence-electron chi connectivity index (χ4n) is 2.10. The van der Waals surface area contributed by atoms with Crippen LogP contribution in [-0.2, 0) is 11.3 Å². The second-order valence-corrected chi connectivity index (χ2v) is 6.05. The maximum absolute atomic E-state index is 13.8. The Morgan fingerprint density at radius 1 is 1.33 bits per heavy atom. The van der Waals surface area contributed by atoms with Crippen molar-refractivity contribution in [3.8, 4) is 0 Å². The van der Waals surface area contributed by atoms with Gasteiger partial charge in [0.25, 0.3) is 0 Å². The lowest BCUT2D eigenvalue weighted by molar-refractivity contribution is -0.0560. The van der Waals surface area contributed by atoms with Gasteiger partial charge in [0.1, 0.15) is 11.6 Å². The number of morpholine rings is 1. The quantitative estimate of drug-likeness (QED) is 0.829. The molecule has 1 fully saturated rings. The van der Waals surface area contributed by atoms with Crippen molar-refractivity contribution in [1.82, 2.24) is 4.90 Å². The third-order valence-electron chi connectivity index (χ3n) is 3.27. The van der Waals surface area contributed by atoms with Gasteiger partial charge in [0.2, 0.25) is 0 Å². The minimum Gasteiger partial charge on any atom is -0.378 e. The van der Waals surface area contributed by atoms with E-state index in [0.717, 1.165) is 0 Å². The van der Waals surface area contributed by atoms with Gasteiger partial charge in [0, 0.05) is 28.7 Å². The summed E-state index contributed by atoms with van der Waals surface area (Å²) in [5.41, 5.74) is -0.0855. The zero-order chi connectivity index (χ0) is 13.3. The van der Waals surface area contributed by atoms with E-state index in [0.29, 0.717) is 24.2 Å². The molecule has 0 aromatic heterocycles. The van der Waals surface area contributed by atoms with Crippen LogP contribution in [0.1, 0.15) is 19.4 Å². The summed E-state index contributed by atoms with van der Waals surface area (Å²) < 4.78 is 33.4. The van der Waals surface area contributed by atoms with Crippen molar-refractivity contribution in [3.63, 3.8) is 0 Å². The summed E-state index contributed by atoms with van der Waals surface area (Å²) in [5, 5.41) is 0. The van der Waals surface area contributed by atoms with Crippen molar-refractivity contribution in [2.24, 2.45) is 0 Å². The number of rotatable bonds is 2. The second-order valence-electron chi connectivity index (χ2n) is 5.13. The highest BCUT2D eigenvalue weighted by Crippen LogP contribution is 2.25. The Morgan fingerprint density at radius 2 is 1.94 bits per heavy atom. The van der Waals surface area contributed by atoms with Crippen molar-refractivity contribution < 1.29 is 13.5 Å². The Bertz CT molecular complexity index is 428. The van der Waals surface area contributed by atoms with Crippen LogP contribution >= 0.6 is 15.9 Å². The lowest BCUT2D eigenvalue weighted by atomic mass is 10.0. The molecule has 0 atom stereocenters. The Hall–Kier alpha value is -0.520. The number of hydrogen-bond donors (Lipinski definition) is 0. The van der Waals surface area contributed by atoms with E-state index in [2.05, 4.69) is 15.9 Å². The molecule has 0 saturated carbocycles. The molecule has 18 heavy (non-hydrogen) atoms. The molecule has 2 rings (SSSR count). The summed E-state index contributed by atoms with van der Waals surface area (Å²) in [6, 6.07) is 2.59. The van der Waals surface area contributed by atoms with Crippen LogP contribution in [0.5, 0.6) is 0 Å². The lowest BCUT2D eigenvalue weighted by Gasteiger charge is -2.42. The van der Waals surface area contributed by atoms with Gasteiger partial charge in [-0.3, -0.25) is 4.90 Å². The third kappa shape index (κ3) is 2.90. The van der Waals surface area contributed by atoms with E-state index in [9.17, 15) is 8.78 Å². The maximum Gasteiger partial charge on any atom is 0.131 e. The van der Waals surface area contributed by atoms with Crippen LogP contribution in [0.3, 0.4) is 0 Å². The van der Waals surface area contributed by atoms with Gasteiger partial charge < -0.3 is 4.74 Å². The van der Waals surface area contributed by atoms with Crippen LogP contribution in [0.4, 0.5) is 8.78 Å². The van der Waals surface area contributed by atoms with Crippen molar-refractivity contribution in [2.75, 3.05) is 19.8 Å². The van der Waals surface area contributed by atoms with Gasteiger partial charge in [0.15, 0.2) is 0 Å². The normalized spacial score (nSPS) is 20.1. The molecule has 0 spiro atoms. The zero-order valence-corrected chi connectivity index (χ0v) is 12.1. The molecule has 1 heterocycles.